The number of hydrogen-bond donors (Lipinski definition) is 0. The summed E-state index contributed by atoms with van der Waals surface area (Å²) in [6.07, 6.45) is 4.21. The molecule has 6 nitrogen and oxygen atoms in total. The molecule has 0 aliphatic rings. The minimum absolute atomic E-state index is 0.0185. The number of esters is 1. The lowest BCUT2D eigenvalue weighted by Gasteiger charge is -2.08. The van der Waals surface area contributed by atoms with E-state index in [1.165, 1.54) is 30.3 Å². The summed E-state index contributed by atoms with van der Waals surface area (Å²) < 4.78 is 40.9. The monoisotopic (exact) mass is 429 g/mol. The molecule has 3 aromatic rings. The van der Waals surface area contributed by atoms with Crippen molar-refractivity contribution in [2.24, 2.45) is 0 Å². The second kappa shape index (κ2) is 9.88. The molecule has 0 atom stereocenters. The molecular weight excluding hydrogens is 408 g/mol. The first kappa shape index (κ1) is 22.0. The molecule has 0 aliphatic heterocycles. The van der Waals surface area contributed by atoms with Crippen LogP contribution in [0.2, 0.25) is 0 Å². The number of ketones is 1. The molecule has 0 spiro atoms. The number of hydrogen-bond acceptors (Lipinski definition) is 5. The average molecular weight is 429 g/mol. The third kappa shape index (κ3) is 5.91. The van der Waals surface area contributed by atoms with Crippen LogP contribution in [0, 0.1) is 13.8 Å². The Morgan fingerprint density at radius 1 is 1.16 bits per heavy atom. The van der Waals surface area contributed by atoms with Crippen molar-refractivity contribution in [1.29, 1.82) is 0 Å². The number of carbonyl (C=O) groups is 2. The highest BCUT2D eigenvalue weighted by molar-refractivity contribution is 6.00. The largest absolute Gasteiger partial charge is 0.467 e. The van der Waals surface area contributed by atoms with E-state index in [0.717, 1.165) is 23.2 Å². The van der Waals surface area contributed by atoms with E-state index < -0.39 is 19.2 Å². The third-order valence-corrected chi connectivity index (χ3v) is 4.63. The number of alkyl halides is 2. The Bertz CT molecular complexity index is 1070. The fraction of sp³-hybridized carbons (Fsp3) is 0.217. The van der Waals surface area contributed by atoms with E-state index in [9.17, 15) is 18.4 Å². The molecule has 3 rings (SSSR count). The molecule has 162 valence electrons. The van der Waals surface area contributed by atoms with Crippen molar-refractivity contribution in [1.82, 2.24) is 4.57 Å². The summed E-state index contributed by atoms with van der Waals surface area (Å²) in [6, 6.07) is 11.2. The van der Waals surface area contributed by atoms with E-state index in [4.69, 9.17) is 9.15 Å². The van der Waals surface area contributed by atoms with Crippen LogP contribution in [0.15, 0.2) is 59.2 Å². The second-order valence-corrected chi connectivity index (χ2v) is 6.76. The topological polar surface area (TPSA) is 70.7 Å². The van der Waals surface area contributed by atoms with Crippen LogP contribution < -0.4 is 4.74 Å². The number of nitrogens with zero attached hydrogens (tertiary/aromatic N) is 1. The van der Waals surface area contributed by atoms with Crippen molar-refractivity contribution in [2.75, 3.05) is 6.61 Å². The Kier molecular flexibility index (Phi) is 7.02. The van der Waals surface area contributed by atoms with Gasteiger partial charge in [-0.05, 0) is 55.8 Å². The number of rotatable bonds is 9. The zero-order valence-corrected chi connectivity index (χ0v) is 17.0. The maximum atomic E-state index is 12.5. The van der Waals surface area contributed by atoms with Gasteiger partial charge in [-0.25, -0.2) is 4.79 Å². The SMILES string of the molecule is Cc1cc(C(=O)COC(=O)C=Cc2ccc(OC(F)F)cc2)c(C)n1Cc1ccco1. The molecule has 31 heavy (non-hydrogen) atoms. The lowest BCUT2D eigenvalue weighted by Crippen LogP contribution is -2.13. The van der Waals surface area contributed by atoms with Crippen molar-refractivity contribution in [3.8, 4) is 5.75 Å². The molecule has 0 fully saturated rings. The lowest BCUT2D eigenvalue weighted by atomic mass is 10.1. The highest BCUT2D eigenvalue weighted by atomic mass is 19.3. The quantitative estimate of drug-likeness (QED) is 0.278. The smallest absolute Gasteiger partial charge is 0.387 e. The molecule has 0 saturated carbocycles. The molecule has 0 radical (unpaired) electrons. The molecule has 2 aromatic heterocycles. The first-order valence-electron chi connectivity index (χ1n) is 9.45. The van der Waals surface area contributed by atoms with Crippen LogP contribution in [0.3, 0.4) is 0 Å². The van der Waals surface area contributed by atoms with Gasteiger partial charge in [0.2, 0.25) is 5.78 Å². The van der Waals surface area contributed by atoms with Crippen LogP contribution in [-0.2, 0) is 16.1 Å². The molecule has 0 amide bonds. The number of ether oxygens (including phenoxy) is 2. The fourth-order valence-electron chi connectivity index (χ4n) is 3.07. The minimum atomic E-state index is -2.90. The summed E-state index contributed by atoms with van der Waals surface area (Å²) in [4.78, 5) is 24.5. The average Bonchev–Trinajstić information content (AvgIpc) is 3.35. The molecule has 0 bridgehead atoms. The Morgan fingerprint density at radius 3 is 2.55 bits per heavy atom. The normalized spacial score (nSPS) is 11.3. The van der Waals surface area contributed by atoms with Gasteiger partial charge >= 0.3 is 12.6 Å². The van der Waals surface area contributed by atoms with Gasteiger partial charge in [0, 0.05) is 23.0 Å². The molecule has 8 heteroatoms. The van der Waals surface area contributed by atoms with Crippen LogP contribution in [0.25, 0.3) is 6.08 Å². The standard InChI is InChI=1S/C23H21F2NO5/c1-15-12-20(16(2)26(15)13-19-4-3-11-29-19)21(27)14-30-22(28)10-7-17-5-8-18(9-6-17)31-23(24)25/h3-12,23H,13-14H2,1-2H3. The van der Waals surface area contributed by atoms with Gasteiger partial charge in [-0.2, -0.15) is 8.78 Å². The van der Waals surface area contributed by atoms with Gasteiger partial charge in [0.1, 0.15) is 11.5 Å². The van der Waals surface area contributed by atoms with Gasteiger partial charge in [-0.1, -0.05) is 12.1 Å². The van der Waals surface area contributed by atoms with E-state index in [2.05, 4.69) is 4.74 Å². The van der Waals surface area contributed by atoms with Crippen molar-refractivity contribution < 1.29 is 32.3 Å². The van der Waals surface area contributed by atoms with Crippen LogP contribution in [0.5, 0.6) is 5.75 Å². The number of furan rings is 1. The fourth-order valence-corrected chi connectivity index (χ4v) is 3.07. The van der Waals surface area contributed by atoms with Gasteiger partial charge in [-0.15, -0.1) is 0 Å². The number of aromatic nitrogens is 1. The predicted molar refractivity (Wildman–Crippen MR) is 109 cm³/mol. The van der Waals surface area contributed by atoms with E-state index in [-0.39, 0.29) is 11.5 Å². The number of halogens is 2. The van der Waals surface area contributed by atoms with Crippen molar-refractivity contribution in [3.63, 3.8) is 0 Å². The first-order valence-corrected chi connectivity index (χ1v) is 9.45. The molecule has 0 unspecified atom stereocenters. The van der Waals surface area contributed by atoms with E-state index >= 15 is 0 Å². The summed E-state index contributed by atoms with van der Waals surface area (Å²) in [5.74, 6) is -0.212. The number of Topliss-reactive ketones (excluding diaryl/α,β-unsaturated/α-hetero) is 1. The number of aryl methyl sites for hydroxylation is 1. The Balaban J connectivity index is 1.55. The zero-order chi connectivity index (χ0) is 22.4. The highest BCUT2D eigenvalue weighted by Crippen LogP contribution is 2.18. The summed E-state index contributed by atoms with van der Waals surface area (Å²) >= 11 is 0. The highest BCUT2D eigenvalue weighted by Gasteiger charge is 2.17. The maximum absolute atomic E-state index is 12.5. The van der Waals surface area contributed by atoms with Crippen LogP contribution >= 0.6 is 0 Å². The maximum Gasteiger partial charge on any atom is 0.387 e. The van der Waals surface area contributed by atoms with Gasteiger partial charge in [0.15, 0.2) is 6.61 Å². The van der Waals surface area contributed by atoms with Crippen molar-refractivity contribution in [2.45, 2.75) is 27.0 Å². The van der Waals surface area contributed by atoms with Crippen molar-refractivity contribution >= 4 is 17.8 Å². The van der Waals surface area contributed by atoms with Crippen LogP contribution in [0.4, 0.5) is 8.78 Å². The minimum Gasteiger partial charge on any atom is -0.467 e. The first-order chi connectivity index (χ1) is 14.8. The predicted octanol–water partition coefficient (Wildman–Crippen LogP) is 4.79. The number of benzene rings is 1. The summed E-state index contributed by atoms with van der Waals surface area (Å²) in [6.45, 7) is 0.922. The van der Waals surface area contributed by atoms with Crippen LogP contribution in [-0.4, -0.2) is 29.5 Å². The second-order valence-electron chi connectivity index (χ2n) is 6.76. The Labute approximate surface area is 177 Å². The molecular formula is C23H21F2NO5. The van der Waals surface area contributed by atoms with Gasteiger partial charge < -0.3 is 18.5 Å². The van der Waals surface area contributed by atoms with Crippen molar-refractivity contribution in [3.05, 3.63) is 83.1 Å². The molecule has 0 N–H and O–H groups in total. The van der Waals surface area contributed by atoms with E-state index in [1.54, 1.807) is 18.4 Å². The molecule has 0 saturated heterocycles. The summed E-state index contributed by atoms with van der Waals surface area (Å²) in [5, 5.41) is 0. The Hall–Kier alpha value is -3.68. The lowest BCUT2D eigenvalue weighted by molar-refractivity contribution is -0.136. The van der Waals surface area contributed by atoms with Crippen LogP contribution in [0.1, 0.15) is 33.1 Å². The zero-order valence-electron chi connectivity index (χ0n) is 17.0. The molecule has 1 aromatic carbocycles. The van der Waals surface area contributed by atoms with Gasteiger partial charge in [0.25, 0.3) is 0 Å². The van der Waals surface area contributed by atoms with Gasteiger partial charge in [0.05, 0.1) is 12.8 Å². The molecule has 0 aliphatic carbocycles. The van der Waals surface area contributed by atoms with E-state index in [0.29, 0.717) is 17.7 Å². The molecule has 2 heterocycles. The summed E-state index contributed by atoms with van der Waals surface area (Å²) in [7, 11) is 0. The summed E-state index contributed by atoms with van der Waals surface area (Å²) in [5.41, 5.74) is 2.72. The third-order valence-electron chi connectivity index (χ3n) is 4.63. The Morgan fingerprint density at radius 2 is 1.90 bits per heavy atom. The number of carbonyl (C=O) groups excluding carboxylic acids is 2. The van der Waals surface area contributed by atoms with E-state index in [1.807, 2.05) is 24.5 Å². The van der Waals surface area contributed by atoms with Gasteiger partial charge in [-0.3, -0.25) is 4.79 Å².